The SMILES string of the molecule is N#CC1C(c2ccc(-n3c(-c4ccccc4)nc4ccccc4c3=O)cc2)=NN(c2ncc(-c3ccc(-n4c(-c5ccccc5)nc5ccccc5c4=O)cc3)s2)C1c1ccccc1. The number of aromatic nitrogens is 5. The maximum Gasteiger partial charge on any atom is 0.266 e. The van der Waals surface area contributed by atoms with E-state index in [2.05, 4.69) is 6.07 Å². The van der Waals surface area contributed by atoms with Gasteiger partial charge in [0, 0.05) is 17.3 Å². The van der Waals surface area contributed by atoms with Crippen LogP contribution in [0.3, 0.4) is 0 Å². The summed E-state index contributed by atoms with van der Waals surface area (Å²) in [7, 11) is 0. The monoisotopic (exact) mass is 846 g/mol. The Hall–Kier alpha value is -8.59. The summed E-state index contributed by atoms with van der Waals surface area (Å²) in [4.78, 5) is 43.7. The Kier molecular flexibility index (Phi) is 9.60. The van der Waals surface area contributed by atoms with Crippen LogP contribution in [0, 0.1) is 17.2 Å². The van der Waals surface area contributed by atoms with Crippen LogP contribution in [0.2, 0.25) is 0 Å². The number of benzene rings is 7. The van der Waals surface area contributed by atoms with Crippen molar-refractivity contribution in [3.8, 4) is 50.7 Å². The predicted molar refractivity (Wildman–Crippen MR) is 254 cm³/mol. The lowest BCUT2D eigenvalue weighted by Gasteiger charge is -2.23. The molecule has 304 valence electrons. The topological polar surface area (TPSA) is 122 Å². The van der Waals surface area contributed by atoms with Crippen LogP contribution < -0.4 is 16.1 Å². The van der Waals surface area contributed by atoms with Crippen molar-refractivity contribution in [2.75, 3.05) is 5.01 Å². The molecule has 0 bridgehead atoms. The van der Waals surface area contributed by atoms with Gasteiger partial charge in [-0.2, -0.15) is 10.4 Å². The van der Waals surface area contributed by atoms with E-state index in [1.54, 1.807) is 21.3 Å². The van der Waals surface area contributed by atoms with Crippen LogP contribution in [0.15, 0.2) is 209 Å². The predicted octanol–water partition coefficient (Wildman–Crippen LogP) is 10.6. The van der Waals surface area contributed by atoms with Gasteiger partial charge in [-0.3, -0.25) is 18.7 Å². The normalized spacial score (nSPS) is 14.7. The number of anilines is 1. The highest BCUT2D eigenvalue weighted by atomic mass is 32.1. The second kappa shape index (κ2) is 16.0. The van der Waals surface area contributed by atoms with Crippen LogP contribution in [0.25, 0.3) is 66.4 Å². The molecule has 11 heteroatoms. The second-order valence-electron chi connectivity index (χ2n) is 15.3. The minimum Gasteiger partial charge on any atom is -0.268 e. The molecule has 10 nitrogen and oxygen atoms in total. The maximum atomic E-state index is 14.1. The highest BCUT2D eigenvalue weighted by Crippen LogP contribution is 2.43. The van der Waals surface area contributed by atoms with E-state index in [0.717, 1.165) is 32.7 Å². The molecule has 1 aliphatic heterocycles. The number of hydrazone groups is 1. The third-order valence-electron chi connectivity index (χ3n) is 11.5. The third-order valence-corrected chi connectivity index (χ3v) is 12.5. The highest BCUT2D eigenvalue weighted by molar-refractivity contribution is 7.18. The molecule has 64 heavy (non-hydrogen) atoms. The van der Waals surface area contributed by atoms with Crippen LogP contribution >= 0.6 is 11.3 Å². The average Bonchev–Trinajstić information content (AvgIpc) is 4.01. The average molecular weight is 847 g/mol. The number of fused-ring (bicyclic) bond motifs is 2. The highest BCUT2D eigenvalue weighted by Gasteiger charge is 2.41. The summed E-state index contributed by atoms with van der Waals surface area (Å²) in [5.74, 6) is 0.453. The quantitative estimate of drug-likeness (QED) is 0.149. The number of thiazole rings is 1. The van der Waals surface area contributed by atoms with Crippen LogP contribution in [-0.4, -0.2) is 29.8 Å². The number of rotatable bonds is 8. The van der Waals surface area contributed by atoms with Gasteiger partial charge in [-0.15, -0.1) is 0 Å². The van der Waals surface area contributed by atoms with Gasteiger partial charge in [-0.25, -0.2) is 20.0 Å². The number of hydrogen-bond donors (Lipinski definition) is 0. The minimum atomic E-state index is -0.641. The van der Waals surface area contributed by atoms with E-state index >= 15 is 0 Å². The number of para-hydroxylation sites is 2. The summed E-state index contributed by atoms with van der Waals surface area (Å²) in [6.45, 7) is 0. The molecule has 0 N–H and O–H groups in total. The van der Waals surface area contributed by atoms with Crippen molar-refractivity contribution in [2.45, 2.75) is 6.04 Å². The zero-order valence-electron chi connectivity index (χ0n) is 33.9. The van der Waals surface area contributed by atoms with Crippen LogP contribution in [0.4, 0.5) is 5.13 Å². The minimum absolute atomic E-state index is 0.148. The largest absolute Gasteiger partial charge is 0.268 e. The summed E-state index contributed by atoms with van der Waals surface area (Å²) in [5, 5.41) is 19.5. The molecule has 2 unspecified atom stereocenters. The van der Waals surface area contributed by atoms with Crippen molar-refractivity contribution in [1.82, 2.24) is 24.1 Å². The first kappa shape index (κ1) is 38.3. The van der Waals surface area contributed by atoms with E-state index in [1.807, 2.05) is 187 Å². The molecular formula is C53H34N8O2S. The molecule has 10 aromatic rings. The smallest absolute Gasteiger partial charge is 0.266 e. The fourth-order valence-corrected chi connectivity index (χ4v) is 9.32. The van der Waals surface area contributed by atoms with Crippen LogP contribution in [0.5, 0.6) is 0 Å². The van der Waals surface area contributed by atoms with E-state index in [9.17, 15) is 14.9 Å². The molecule has 0 saturated carbocycles. The molecule has 2 atom stereocenters. The lowest BCUT2D eigenvalue weighted by molar-refractivity contribution is 0.634. The molecule has 7 aromatic carbocycles. The van der Waals surface area contributed by atoms with Crippen LogP contribution in [0.1, 0.15) is 17.2 Å². The van der Waals surface area contributed by atoms with E-state index in [-0.39, 0.29) is 11.1 Å². The fraction of sp³-hybridized carbons (Fsp3) is 0.0377. The lowest BCUT2D eigenvalue weighted by atomic mass is 9.88. The zero-order valence-corrected chi connectivity index (χ0v) is 34.7. The molecular weight excluding hydrogens is 813 g/mol. The van der Waals surface area contributed by atoms with Gasteiger partial charge in [0.15, 0.2) is 0 Å². The molecule has 11 rings (SSSR count). The first-order valence-electron chi connectivity index (χ1n) is 20.7. The molecule has 0 spiro atoms. The van der Waals surface area contributed by atoms with Gasteiger partial charge in [0.05, 0.1) is 49.8 Å². The summed E-state index contributed by atoms with van der Waals surface area (Å²) < 4.78 is 3.31. The van der Waals surface area contributed by atoms with Gasteiger partial charge in [-0.05, 0) is 65.2 Å². The molecule has 1 aliphatic rings. The lowest BCUT2D eigenvalue weighted by Crippen LogP contribution is -2.25. The van der Waals surface area contributed by atoms with Gasteiger partial charge in [0.25, 0.3) is 11.1 Å². The van der Waals surface area contributed by atoms with Crippen LogP contribution in [-0.2, 0) is 0 Å². The van der Waals surface area contributed by atoms with Gasteiger partial charge in [0.1, 0.15) is 23.6 Å². The molecule has 3 aromatic heterocycles. The third kappa shape index (κ3) is 6.66. The number of nitrogens with zero attached hydrogens (tertiary/aromatic N) is 8. The van der Waals surface area contributed by atoms with Gasteiger partial charge < -0.3 is 0 Å². The number of hydrogen-bond acceptors (Lipinski definition) is 9. The summed E-state index contributed by atoms with van der Waals surface area (Å²) >= 11 is 1.47. The van der Waals surface area contributed by atoms with Crippen molar-refractivity contribution in [2.24, 2.45) is 11.0 Å². The Labute approximate surface area is 370 Å². The molecule has 4 heterocycles. The Morgan fingerprint density at radius 1 is 0.516 bits per heavy atom. The Bertz CT molecular complexity index is 3560. The zero-order chi connectivity index (χ0) is 43.1. The van der Waals surface area contributed by atoms with Gasteiger partial charge in [0.2, 0.25) is 5.13 Å². The van der Waals surface area contributed by atoms with Gasteiger partial charge >= 0.3 is 0 Å². The first-order chi connectivity index (χ1) is 31.5. The fourth-order valence-electron chi connectivity index (χ4n) is 8.41. The van der Waals surface area contributed by atoms with E-state index in [0.29, 0.717) is 55.7 Å². The summed E-state index contributed by atoms with van der Waals surface area (Å²) in [6, 6.07) is 61.6. The summed E-state index contributed by atoms with van der Waals surface area (Å²) in [6.07, 6.45) is 1.82. The molecule has 0 radical (unpaired) electrons. The van der Waals surface area contributed by atoms with E-state index in [1.165, 1.54) is 11.3 Å². The van der Waals surface area contributed by atoms with Gasteiger partial charge in [-0.1, -0.05) is 151 Å². The molecule has 0 fully saturated rings. The van der Waals surface area contributed by atoms with E-state index in [4.69, 9.17) is 20.1 Å². The summed E-state index contributed by atoms with van der Waals surface area (Å²) in [5.41, 5.74) is 7.11. The Morgan fingerprint density at radius 3 is 1.50 bits per heavy atom. The van der Waals surface area contributed by atoms with E-state index < -0.39 is 12.0 Å². The Balaban J connectivity index is 0.955. The molecule has 0 saturated heterocycles. The first-order valence-corrected chi connectivity index (χ1v) is 21.5. The van der Waals surface area contributed by atoms with Crippen molar-refractivity contribution < 1.29 is 0 Å². The standard InChI is InChI=1S/C53H34N8O2S/c54-32-43-47(35-26-30-40(31-27-35)60-50(38-18-8-3-9-19-38)57-45-23-13-11-21-42(45)52(60)63)58-61(48(43)36-14-4-1-5-15-36)53-55-33-46(64-53)34-24-28-39(29-25-34)59-49(37-16-6-2-7-17-37)56-44-22-12-10-20-41(44)51(59)62/h1-31,33,43,48H. The van der Waals surface area contributed by atoms with Crippen molar-refractivity contribution in [1.29, 1.82) is 5.26 Å². The second-order valence-corrected chi connectivity index (χ2v) is 16.3. The number of nitriles is 1. The van der Waals surface area contributed by atoms with Crippen molar-refractivity contribution >= 4 is 44.0 Å². The van der Waals surface area contributed by atoms with Crippen molar-refractivity contribution in [3.05, 3.63) is 226 Å². The Morgan fingerprint density at radius 2 is 0.984 bits per heavy atom. The maximum absolute atomic E-state index is 14.1. The molecule has 0 aliphatic carbocycles. The van der Waals surface area contributed by atoms with Crippen molar-refractivity contribution in [3.63, 3.8) is 0 Å². The molecule has 0 amide bonds.